The predicted molar refractivity (Wildman–Crippen MR) is 84.1 cm³/mol. The van der Waals surface area contributed by atoms with E-state index >= 15 is 0 Å². The lowest BCUT2D eigenvalue weighted by Gasteiger charge is -2.20. The Morgan fingerprint density at radius 3 is 2.67 bits per heavy atom. The van der Waals surface area contributed by atoms with E-state index in [1.54, 1.807) is 13.8 Å². The summed E-state index contributed by atoms with van der Waals surface area (Å²) in [5.41, 5.74) is 11.8. The lowest BCUT2D eigenvalue weighted by Crippen LogP contribution is -2.42. The van der Waals surface area contributed by atoms with Gasteiger partial charge in [0.15, 0.2) is 0 Å². The van der Waals surface area contributed by atoms with Crippen molar-refractivity contribution in [3.63, 3.8) is 0 Å². The Morgan fingerprint density at radius 2 is 2.05 bits per heavy atom. The van der Waals surface area contributed by atoms with E-state index in [-0.39, 0.29) is 12.5 Å². The van der Waals surface area contributed by atoms with Gasteiger partial charge in [-0.05, 0) is 32.9 Å². The van der Waals surface area contributed by atoms with E-state index in [1.165, 1.54) is 11.3 Å². The fraction of sp³-hybridized carbons (Fsp3) is 0.357. The van der Waals surface area contributed by atoms with Gasteiger partial charge in [0.25, 0.3) is 5.91 Å². The van der Waals surface area contributed by atoms with Crippen LogP contribution in [0.25, 0.3) is 10.2 Å². The maximum absolute atomic E-state index is 12.2. The van der Waals surface area contributed by atoms with Crippen molar-refractivity contribution < 1.29 is 9.59 Å². The predicted octanol–water partition coefficient (Wildman–Crippen LogP) is 1.43. The number of nitrogen functional groups attached to an aromatic ring is 1. The SMILES string of the molecule is Cc1ccc2c(N)c(C(=O)NCC(C)(C)C(N)=O)sc2n1. The molecule has 6 nitrogen and oxygen atoms in total. The Bertz CT molecular complexity index is 721. The first kappa shape index (κ1) is 15.2. The number of carbonyl (C=O) groups excluding carboxylic acids is 2. The molecule has 21 heavy (non-hydrogen) atoms. The van der Waals surface area contributed by atoms with Gasteiger partial charge in [0.2, 0.25) is 5.91 Å². The Hall–Kier alpha value is -2.15. The van der Waals surface area contributed by atoms with Crippen LogP contribution in [0.1, 0.15) is 29.2 Å². The van der Waals surface area contributed by atoms with Gasteiger partial charge < -0.3 is 16.8 Å². The van der Waals surface area contributed by atoms with Crippen molar-refractivity contribution in [1.82, 2.24) is 10.3 Å². The summed E-state index contributed by atoms with van der Waals surface area (Å²) in [6.07, 6.45) is 0. The zero-order chi connectivity index (χ0) is 15.8. The third kappa shape index (κ3) is 2.97. The number of nitrogens with one attached hydrogen (secondary N) is 1. The third-order valence-corrected chi connectivity index (χ3v) is 4.41. The maximum Gasteiger partial charge on any atom is 0.263 e. The molecule has 5 N–H and O–H groups in total. The number of hydrogen-bond donors (Lipinski definition) is 3. The van der Waals surface area contributed by atoms with E-state index < -0.39 is 11.3 Å². The van der Waals surface area contributed by atoms with Crippen molar-refractivity contribution in [2.45, 2.75) is 20.8 Å². The minimum Gasteiger partial charge on any atom is -0.397 e. The van der Waals surface area contributed by atoms with E-state index in [1.807, 2.05) is 19.1 Å². The van der Waals surface area contributed by atoms with Gasteiger partial charge in [-0.1, -0.05) is 0 Å². The molecular formula is C14H18N4O2S. The van der Waals surface area contributed by atoms with Gasteiger partial charge in [-0.3, -0.25) is 9.59 Å². The van der Waals surface area contributed by atoms with Gasteiger partial charge in [-0.2, -0.15) is 0 Å². The van der Waals surface area contributed by atoms with Gasteiger partial charge in [0, 0.05) is 17.6 Å². The molecule has 0 aliphatic heterocycles. The maximum atomic E-state index is 12.2. The molecule has 0 atom stereocenters. The molecule has 0 unspecified atom stereocenters. The van der Waals surface area contributed by atoms with Crippen LogP contribution in [0.4, 0.5) is 5.69 Å². The second kappa shape index (κ2) is 5.33. The molecule has 2 aromatic heterocycles. The fourth-order valence-electron chi connectivity index (χ4n) is 1.73. The molecule has 0 fully saturated rings. The largest absolute Gasteiger partial charge is 0.397 e. The number of amides is 2. The molecule has 0 aliphatic rings. The number of pyridine rings is 1. The number of nitrogens with zero attached hydrogens (tertiary/aromatic N) is 1. The van der Waals surface area contributed by atoms with Crippen molar-refractivity contribution in [3.8, 4) is 0 Å². The van der Waals surface area contributed by atoms with E-state index in [9.17, 15) is 9.59 Å². The van der Waals surface area contributed by atoms with Crippen LogP contribution < -0.4 is 16.8 Å². The first-order valence-electron chi connectivity index (χ1n) is 6.46. The highest BCUT2D eigenvalue weighted by Gasteiger charge is 2.26. The molecule has 0 saturated heterocycles. The summed E-state index contributed by atoms with van der Waals surface area (Å²) < 4.78 is 0. The van der Waals surface area contributed by atoms with Crippen molar-refractivity contribution in [3.05, 3.63) is 22.7 Å². The molecule has 2 aromatic rings. The molecule has 0 aromatic carbocycles. The number of aryl methyl sites for hydroxylation is 1. The van der Waals surface area contributed by atoms with Crippen LogP contribution in [0.15, 0.2) is 12.1 Å². The van der Waals surface area contributed by atoms with Gasteiger partial charge >= 0.3 is 0 Å². The van der Waals surface area contributed by atoms with Crippen molar-refractivity contribution in [1.29, 1.82) is 0 Å². The molecule has 0 saturated carbocycles. The Balaban J connectivity index is 2.24. The Morgan fingerprint density at radius 1 is 1.38 bits per heavy atom. The van der Waals surface area contributed by atoms with Gasteiger partial charge in [-0.25, -0.2) is 4.98 Å². The van der Waals surface area contributed by atoms with E-state index in [4.69, 9.17) is 11.5 Å². The standard InChI is InChI=1S/C14H18N4O2S/c1-7-4-5-8-9(15)10(21-12(8)18-7)11(19)17-6-14(2,3)13(16)20/h4-5H,6,15H2,1-3H3,(H2,16,20)(H,17,19). The highest BCUT2D eigenvalue weighted by molar-refractivity contribution is 7.21. The summed E-state index contributed by atoms with van der Waals surface area (Å²) in [5, 5.41) is 3.47. The number of hydrogen-bond acceptors (Lipinski definition) is 5. The normalized spacial score (nSPS) is 11.6. The zero-order valence-electron chi connectivity index (χ0n) is 12.2. The third-order valence-electron chi connectivity index (χ3n) is 3.30. The molecular weight excluding hydrogens is 288 g/mol. The smallest absolute Gasteiger partial charge is 0.263 e. The summed E-state index contributed by atoms with van der Waals surface area (Å²) in [6, 6.07) is 3.71. The van der Waals surface area contributed by atoms with Crippen LogP contribution in [0.3, 0.4) is 0 Å². The Kier molecular flexibility index (Phi) is 3.87. The van der Waals surface area contributed by atoms with Gasteiger partial charge in [0.05, 0.1) is 11.1 Å². The summed E-state index contributed by atoms with van der Waals surface area (Å²) in [5.74, 6) is -0.785. The van der Waals surface area contributed by atoms with Crippen molar-refractivity contribution in [2.75, 3.05) is 12.3 Å². The molecule has 0 aliphatic carbocycles. The summed E-state index contributed by atoms with van der Waals surface area (Å²) in [4.78, 5) is 29.0. The van der Waals surface area contributed by atoms with Crippen LogP contribution in [0, 0.1) is 12.3 Å². The van der Waals surface area contributed by atoms with Gasteiger partial charge in [-0.15, -0.1) is 11.3 Å². The average Bonchev–Trinajstić information content (AvgIpc) is 2.72. The number of carbonyl (C=O) groups is 2. The quantitative estimate of drug-likeness (QED) is 0.793. The van der Waals surface area contributed by atoms with Crippen molar-refractivity contribution >= 4 is 39.1 Å². The van der Waals surface area contributed by atoms with Crippen LogP contribution >= 0.6 is 11.3 Å². The fourth-order valence-corrected chi connectivity index (χ4v) is 2.78. The summed E-state index contributed by atoms with van der Waals surface area (Å²) in [7, 11) is 0. The molecule has 0 radical (unpaired) electrons. The lowest BCUT2D eigenvalue weighted by molar-refractivity contribution is -0.125. The van der Waals surface area contributed by atoms with Crippen LogP contribution in [-0.2, 0) is 4.79 Å². The van der Waals surface area contributed by atoms with Crippen LogP contribution in [0.2, 0.25) is 0 Å². The average molecular weight is 306 g/mol. The number of thiophene rings is 1. The molecule has 2 amide bonds. The van der Waals surface area contributed by atoms with Gasteiger partial charge in [0.1, 0.15) is 9.71 Å². The van der Waals surface area contributed by atoms with Crippen LogP contribution in [0.5, 0.6) is 0 Å². The first-order valence-corrected chi connectivity index (χ1v) is 7.28. The lowest BCUT2D eigenvalue weighted by atomic mass is 9.93. The van der Waals surface area contributed by atoms with E-state index in [2.05, 4.69) is 10.3 Å². The Labute approximate surface area is 126 Å². The highest BCUT2D eigenvalue weighted by Crippen LogP contribution is 2.32. The first-order chi connectivity index (χ1) is 9.72. The van der Waals surface area contributed by atoms with Crippen molar-refractivity contribution in [2.24, 2.45) is 11.1 Å². The summed E-state index contributed by atoms with van der Waals surface area (Å²) in [6.45, 7) is 5.38. The van der Waals surface area contributed by atoms with E-state index in [0.29, 0.717) is 10.6 Å². The second-order valence-corrected chi connectivity index (χ2v) is 6.58. The number of rotatable bonds is 4. The number of primary amides is 1. The zero-order valence-corrected chi connectivity index (χ0v) is 13.0. The number of anilines is 1. The molecule has 7 heteroatoms. The molecule has 2 rings (SSSR count). The molecule has 112 valence electrons. The monoisotopic (exact) mass is 306 g/mol. The second-order valence-electron chi connectivity index (χ2n) is 5.58. The van der Waals surface area contributed by atoms with E-state index in [0.717, 1.165) is 15.9 Å². The molecule has 0 spiro atoms. The summed E-state index contributed by atoms with van der Waals surface area (Å²) >= 11 is 1.24. The minimum absolute atomic E-state index is 0.154. The minimum atomic E-state index is -0.810. The topological polar surface area (TPSA) is 111 Å². The van der Waals surface area contributed by atoms with Crippen LogP contribution in [-0.4, -0.2) is 23.3 Å². The number of fused-ring (bicyclic) bond motifs is 1. The molecule has 0 bridgehead atoms. The molecule has 2 heterocycles. The highest BCUT2D eigenvalue weighted by atomic mass is 32.1. The number of nitrogens with two attached hydrogens (primary N) is 2. The number of aromatic nitrogens is 1.